The number of nitrogens with zero attached hydrogens (tertiary/aromatic N) is 4. The van der Waals surface area contributed by atoms with Crippen LogP contribution in [0.1, 0.15) is 38.4 Å². The van der Waals surface area contributed by atoms with Gasteiger partial charge >= 0.3 is 6.03 Å². The molecule has 3 aliphatic heterocycles. The Morgan fingerprint density at radius 3 is 2.70 bits per heavy atom. The smallest absolute Gasteiger partial charge is 0.327 e. The Hall–Kier alpha value is -2.90. The number of rotatable bonds is 4. The molecular weight excluding hydrogens is 382 g/mol. The van der Waals surface area contributed by atoms with Crippen molar-refractivity contribution in [1.82, 2.24) is 24.7 Å². The Morgan fingerprint density at radius 1 is 1.23 bits per heavy atom. The molecule has 4 heterocycles. The van der Waals surface area contributed by atoms with Gasteiger partial charge in [0, 0.05) is 39.0 Å². The molecule has 1 aromatic heterocycles. The van der Waals surface area contributed by atoms with Crippen molar-refractivity contribution >= 4 is 28.9 Å². The lowest BCUT2D eigenvalue weighted by Crippen LogP contribution is -2.45. The number of urea groups is 1. The number of imidazole rings is 1. The summed E-state index contributed by atoms with van der Waals surface area (Å²) in [5.74, 6) is 0.934. The SMILES string of the molecule is CCN1C(=O)C2CC3(CCN(C(=O)CCc4nc5ccccc5[nH]4)CC3)CN2C1=O. The number of aryl methyl sites for hydroxylation is 1. The van der Waals surface area contributed by atoms with Crippen molar-refractivity contribution in [1.29, 1.82) is 0 Å². The molecule has 5 rings (SSSR count). The molecule has 0 radical (unpaired) electrons. The Morgan fingerprint density at radius 2 is 2.00 bits per heavy atom. The lowest BCUT2D eigenvalue weighted by molar-refractivity contribution is -0.134. The van der Waals surface area contributed by atoms with Crippen LogP contribution in [0.5, 0.6) is 0 Å². The molecule has 2 aromatic rings. The van der Waals surface area contributed by atoms with Crippen LogP contribution in [0, 0.1) is 5.41 Å². The molecule has 4 amide bonds. The lowest BCUT2D eigenvalue weighted by Gasteiger charge is -2.39. The van der Waals surface area contributed by atoms with Crippen LogP contribution in [0.3, 0.4) is 0 Å². The first kappa shape index (κ1) is 19.1. The van der Waals surface area contributed by atoms with Gasteiger partial charge in [0.2, 0.25) is 5.91 Å². The monoisotopic (exact) mass is 409 g/mol. The minimum Gasteiger partial charge on any atom is -0.343 e. The predicted molar refractivity (Wildman–Crippen MR) is 111 cm³/mol. The zero-order chi connectivity index (χ0) is 20.9. The van der Waals surface area contributed by atoms with Gasteiger partial charge in [-0.05, 0) is 43.7 Å². The highest BCUT2D eigenvalue weighted by molar-refractivity contribution is 6.04. The number of hydrogen-bond acceptors (Lipinski definition) is 4. The number of carbonyl (C=O) groups is 3. The van der Waals surface area contributed by atoms with Crippen molar-refractivity contribution in [2.24, 2.45) is 5.41 Å². The molecule has 158 valence electrons. The summed E-state index contributed by atoms with van der Waals surface area (Å²) in [5, 5.41) is 0. The maximum atomic E-state index is 12.7. The van der Waals surface area contributed by atoms with Gasteiger partial charge in [0.05, 0.1) is 11.0 Å². The van der Waals surface area contributed by atoms with Crippen molar-refractivity contribution in [3.63, 3.8) is 0 Å². The van der Waals surface area contributed by atoms with E-state index in [0.717, 1.165) is 36.1 Å². The first-order chi connectivity index (χ1) is 14.5. The second kappa shape index (κ2) is 7.11. The van der Waals surface area contributed by atoms with E-state index < -0.39 is 0 Å². The normalized spacial score (nSPS) is 23.1. The van der Waals surface area contributed by atoms with Crippen molar-refractivity contribution in [2.75, 3.05) is 26.2 Å². The van der Waals surface area contributed by atoms with E-state index in [2.05, 4.69) is 9.97 Å². The van der Waals surface area contributed by atoms with Crippen LogP contribution < -0.4 is 0 Å². The number of nitrogens with one attached hydrogen (secondary N) is 1. The van der Waals surface area contributed by atoms with E-state index >= 15 is 0 Å². The largest absolute Gasteiger partial charge is 0.343 e. The summed E-state index contributed by atoms with van der Waals surface area (Å²) >= 11 is 0. The molecule has 3 aliphatic rings. The minimum atomic E-state index is -0.298. The van der Waals surface area contributed by atoms with Crippen molar-refractivity contribution in [3.8, 4) is 0 Å². The first-order valence-electron chi connectivity index (χ1n) is 10.8. The summed E-state index contributed by atoms with van der Waals surface area (Å²) in [4.78, 5) is 50.6. The van der Waals surface area contributed by atoms with Crippen LogP contribution in [0.25, 0.3) is 11.0 Å². The highest BCUT2D eigenvalue weighted by atomic mass is 16.2. The van der Waals surface area contributed by atoms with Crippen LogP contribution in [-0.4, -0.2) is 74.7 Å². The minimum absolute atomic E-state index is 0.0225. The van der Waals surface area contributed by atoms with Crippen LogP contribution in [0.4, 0.5) is 4.79 Å². The van der Waals surface area contributed by atoms with Crippen LogP contribution >= 0.6 is 0 Å². The first-order valence-corrected chi connectivity index (χ1v) is 10.8. The van der Waals surface area contributed by atoms with Gasteiger partial charge in [-0.25, -0.2) is 9.78 Å². The summed E-state index contributed by atoms with van der Waals surface area (Å²) < 4.78 is 0. The Balaban J connectivity index is 1.16. The molecule has 0 aliphatic carbocycles. The number of hydrogen-bond donors (Lipinski definition) is 1. The van der Waals surface area contributed by atoms with Gasteiger partial charge in [-0.2, -0.15) is 0 Å². The second-order valence-corrected chi connectivity index (χ2v) is 8.79. The molecular formula is C22H27N5O3. The molecule has 0 saturated carbocycles. The van der Waals surface area contributed by atoms with Crippen LogP contribution in [-0.2, 0) is 16.0 Å². The number of amides is 4. The third-order valence-corrected chi connectivity index (χ3v) is 7.04. The fraction of sp³-hybridized carbons (Fsp3) is 0.545. The molecule has 1 N–H and O–H groups in total. The van der Waals surface area contributed by atoms with Gasteiger partial charge in [-0.1, -0.05) is 12.1 Å². The Kier molecular flexibility index (Phi) is 4.52. The average molecular weight is 409 g/mol. The fourth-order valence-corrected chi connectivity index (χ4v) is 5.30. The highest BCUT2D eigenvalue weighted by Crippen LogP contribution is 2.46. The number of H-pyrrole nitrogens is 1. The molecule has 8 heteroatoms. The summed E-state index contributed by atoms with van der Waals surface area (Å²) in [7, 11) is 0. The maximum absolute atomic E-state index is 12.7. The van der Waals surface area contributed by atoms with Gasteiger partial charge in [0.15, 0.2) is 0 Å². The fourth-order valence-electron chi connectivity index (χ4n) is 5.30. The van der Waals surface area contributed by atoms with E-state index in [-0.39, 0.29) is 29.3 Å². The highest BCUT2D eigenvalue weighted by Gasteiger charge is 2.56. The number of aromatic nitrogens is 2. The zero-order valence-electron chi connectivity index (χ0n) is 17.3. The van der Waals surface area contributed by atoms with E-state index in [1.54, 1.807) is 4.90 Å². The standard InChI is InChI=1S/C22H27N5O3/c1-2-26-20(29)17-13-22(14-27(17)21(26)30)9-11-25(12-10-22)19(28)8-7-18-23-15-5-3-4-6-16(15)24-18/h3-6,17H,2,7-14H2,1H3,(H,23,24). The van der Waals surface area contributed by atoms with Crippen molar-refractivity contribution in [3.05, 3.63) is 30.1 Å². The number of imide groups is 1. The summed E-state index contributed by atoms with van der Waals surface area (Å²) in [6.07, 6.45) is 3.46. The van der Waals surface area contributed by atoms with E-state index in [1.807, 2.05) is 36.1 Å². The van der Waals surface area contributed by atoms with Gasteiger partial charge in [-0.15, -0.1) is 0 Å². The van der Waals surface area contributed by atoms with Crippen molar-refractivity contribution in [2.45, 2.75) is 45.1 Å². The molecule has 1 unspecified atom stereocenters. The Bertz CT molecular complexity index is 948. The number of fused-ring (bicyclic) bond motifs is 2. The number of carbonyl (C=O) groups excluding carboxylic acids is 3. The van der Waals surface area contributed by atoms with Gasteiger partial charge in [-0.3, -0.25) is 14.5 Å². The predicted octanol–water partition coefficient (Wildman–Crippen LogP) is 2.16. The quantitative estimate of drug-likeness (QED) is 0.784. The van der Waals surface area contributed by atoms with Crippen LogP contribution in [0.15, 0.2) is 24.3 Å². The summed E-state index contributed by atoms with van der Waals surface area (Å²) in [6.45, 7) is 4.30. The third kappa shape index (κ3) is 3.05. The summed E-state index contributed by atoms with van der Waals surface area (Å²) in [5.41, 5.74) is 1.89. The van der Waals surface area contributed by atoms with Crippen LogP contribution in [0.2, 0.25) is 0 Å². The number of likely N-dealkylation sites (tertiary alicyclic amines) is 1. The lowest BCUT2D eigenvalue weighted by atomic mass is 9.76. The van der Waals surface area contributed by atoms with Crippen molar-refractivity contribution < 1.29 is 14.4 Å². The van der Waals surface area contributed by atoms with E-state index in [4.69, 9.17) is 0 Å². The number of likely N-dealkylation sites (N-methyl/N-ethyl adjacent to an activating group) is 1. The number of piperidine rings is 1. The molecule has 1 atom stereocenters. The molecule has 8 nitrogen and oxygen atoms in total. The molecule has 0 bridgehead atoms. The maximum Gasteiger partial charge on any atom is 0.327 e. The van der Waals surface area contributed by atoms with E-state index in [9.17, 15) is 14.4 Å². The average Bonchev–Trinajstić information content (AvgIpc) is 3.39. The molecule has 3 saturated heterocycles. The molecule has 3 fully saturated rings. The molecule has 30 heavy (non-hydrogen) atoms. The number of benzene rings is 1. The van der Waals surface area contributed by atoms with Gasteiger partial charge in [0.25, 0.3) is 5.91 Å². The Labute approximate surface area is 175 Å². The molecule has 1 spiro atoms. The van der Waals surface area contributed by atoms with E-state index in [1.165, 1.54) is 4.90 Å². The number of para-hydroxylation sites is 2. The zero-order valence-corrected chi connectivity index (χ0v) is 17.3. The second-order valence-electron chi connectivity index (χ2n) is 8.79. The van der Waals surface area contributed by atoms with E-state index in [0.29, 0.717) is 39.0 Å². The van der Waals surface area contributed by atoms with Gasteiger partial charge < -0.3 is 14.8 Å². The number of aromatic amines is 1. The third-order valence-electron chi connectivity index (χ3n) is 7.04. The van der Waals surface area contributed by atoms with Gasteiger partial charge in [0.1, 0.15) is 11.9 Å². The summed E-state index contributed by atoms with van der Waals surface area (Å²) in [6, 6.07) is 7.43. The molecule has 1 aromatic carbocycles. The topological polar surface area (TPSA) is 89.6 Å².